The first kappa shape index (κ1) is 19.1. The molecule has 0 aliphatic rings. The quantitative estimate of drug-likeness (QED) is 0.510. The molecule has 0 unspecified atom stereocenters. The van der Waals surface area contributed by atoms with Crippen LogP contribution in [0.4, 0.5) is 28.9 Å². The zero-order chi connectivity index (χ0) is 18.3. The van der Waals surface area contributed by atoms with E-state index in [1.54, 1.807) is 0 Å². The zero-order valence-corrected chi connectivity index (χ0v) is 12.6. The molecule has 128 valence electrons. The number of halogens is 4. The van der Waals surface area contributed by atoms with E-state index in [1.807, 2.05) is 5.32 Å². The average Bonchev–Trinajstić information content (AvgIpc) is 2.48. The van der Waals surface area contributed by atoms with Gasteiger partial charge in [-0.3, -0.25) is 9.59 Å². The summed E-state index contributed by atoms with van der Waals surface area (Å²) in [4.78, 5) is 21.6. The molecule has 2 aromatic rings. The minimum absolute atomic E-state index is 0.371. The van der Waals surface area contributed by atoms with E-state index < -0.39 is 47.0 Å². The van der Waals surface area contributed by atoms with Crippen LogP contribution in [-0.2, 0) is 9.59 Å². The van der Waals surface area contributed by atoms with Crippen LogP contribution in [0.15, 0.2) is 36.4 Å². The molecule has 0 saturated carbocycles. The molecule has 24 heavy (non-hydrogen) atoms. The van der Waals surface area contributed by atoms with Gasteiger partial charge in [-0.05, 0) is 31.2 Å². The Labute approximate surface area is 135 Å². The Balaban J connectivity index is 0.000000272. The zero-order valence-electron chi connectivity index (χ0n) is 12.6. The largest absolute Gasteiger partial charge is 0.394 e. The number of anilines is 2. The van der Waals surface area contributed by atoms with E-state index in [0.29, 0.717) is 0 Å². The van der Waals surface area contributed by atoms with E-state index >= 15 is 0 Å². The van der Waals surface area contributed by atoms with Gasteiger partial charge in [0.05, 0.1) is 6.42 Å². The predicted molar refractivity (Wildman–Crippen MR) is 81.1 cm³/mol. The van der Waals surface area contributed by atoms with Crippen molar-refractivity contribution in [1.29, 1.82) is 0 Å². The van der Waals surface area contributed by atoms with E-state index in [9.17, 15) is 27.2 Å². The van der Waals surface area contributed by atoms with Gasteiger partial charge in [-0.1, -0.05) is 12.1 Å². The molecule has 0 saturated heterocycles. The molecule has 3 N–H and O–H groups in total. The molecule has 0 radical (unpaired) electrons. The lowest BCUT2D eigenvalue weighted by molar-refractivity contribution is -0.124. The normalized spacial score (nSPS) is 9.71. The molecular weight excluding hydrogens is 328 g/mol. The smallest absolute Gasteiger partial charge is 0.231 e. The molecule has 0 aliphatic carbocycles. The summed E-state index contributed by atoms with van der Waals surface area (Å²) in [6, 6.07) is 6.71. The lowest BCUT2D eigenvalue weighted by Gasteiger charge is -2.05. The highest BCUT2D eigenvalue weighted by atomic mass is 19.1. The summed E-state index contributed by atoms with van der Waals surface area (Å²) in [5.41, 5.74) is 3.99. The number of rotatable bonds is 3. The highest BCUT2D eigenvalue weighted by Crippen LogP contribution is 2.18. The Morgan fingerprint density at radius 2 is 1.33 bits per heavy atom. The topological polar surface area (TPSA) is 72.2 Å². The number of ketones is 1. The van der Waals surface area contributed by atoms with E-state index in [-0.39, 0.29) is 5.78 Å². The van der Waals surface area contributed by atoms with Crippen LogP contribution >= 0.6 is 0 Å². The number of benzene rings is 2. The van der Waals surface area contributed by atoms with Crippen LogP contribution in [0.2, 0.25) is 0 Å². The fraction of sp³-hybridized carbons (Fsp3) is 0.125. The van der Waals surface area contributed by atoms with Gasteiger partial charge in [0.25, 0.3) is 0 Å². The Morgan fingerprint density at radius 3 is 1.71 bits per heavy atom. The summed E-state index contributed by atoms with van der Waals surface area (Å²) >= 11 is 0. The van der Waals surface area contributed by atoms with Crippen LogP contribution in [0.5, 0.6) is 0 Å². The Morgan fingerprint density at radius 1 is 0.917 bits per heavy atom. The van der Waals surface area contributed by atoms with Gasteiger partial charge in [-0.15, -0.1) is 0 Å². The third kappa shape index (κ3) is 5.71. The van der Waals surface area contributed by atoms with Gasteiger partial charge in [0, 0.05) is 0 Å². The van der Waals surface area contributed by atoms with Crippen molar-refractivity contribution in [2.75, 3.05) is 11.1 Å². The number of amides is 1. The van der Waals surface area contributed by atoms with Gasteiger partial charge in [-0.25, -0.2) is 17.6 Å². The molecule has 8 heteroatoms. The second kappa shape index (κ2) is 8.66. The lowest BCUT2D eigenvalue weighted by atomic mass is 10.2. The molecule has 0 aromatic heterocycles. The molecule has 0 bridgehead atoms. The van der Waals surface area contributed by atoms with E-state index in [2.05, 4.69) is 0 Å². The van der Waals surface area contributed by atoms with Crippen molar-refractivity contribution in [2.24, 2.45) is 0 Å². The van der Waals surface area contributed by atoms with E-state index in [0.717, 1.165) is 24.3 Å². The van der Waals surface area contributed by atoms with Crippen LogP contribution in [-0.4, -0.2) is 11.7 Å². The van der Waals surface area contributed by atoms with Crippen LogP contribution in [0.25, 0.3) is 0 Å². The highest BCUT2D eigenvalue weighted by Gasteiger charge is 2.12. The monoisotopic (exact) mass is 342 g/mol. The number of nitrogens with two attached hydrogens (primary N) is 1. The molecule has 0 fully saturated rings. The Bertz CT molecular complexity index is 710. The lowest BCUT2D eigenvalue weighted by Crippen LogP contribution is -2.16. The second-order valence-corrected chi connectivity index (χ2v) is 4.66. The number of hydrogen-bond donors (Lipinski definition) is 2. The molecule has 0 aliphatic heterocycles. The van der Waals surface area contributed by atoms with Gasteiger partial charge >= 0.3 is 0 Å². The van der Waals surface area contributed by atoms with Gasteiger partial charge in [0.2, 0.25) is 5.91 Å². The standard InChI is InChI=1S/C10H9F2NO2.C6H5F2N/c1-6(14)5-9(15)13-10-7(11)3-2-4-8(10)12;7-4-2-1-3-5(8)6(4)9/h2-4H,5H2,1H3,(H,13,15);1-3H,9H2. The van der Waals surface area contributed by atoms with Crippen molar-refractivity contribution >= 4 is 23.1 Å². The first-order chi connectivity index (χ1) is 11.2. The number of carbonyl (C=O) groups excluding carboxylic acids is 2. The predicted octanol–water partition coefficient (Wildman–Crippen LogP) is 3.43. The number of para-hydroxylation sites is 2. The van der Waals surface area contributed by atoms with Crippen molar-refractivity contribution in [1.82, 2.24) is 0 Å². The van der Waals surface area contributed by atoms with Crippen molar-refractivity contribution in [2.45, 2.75) is 13.3 Å². The van der Waals surface area contributed by atoms with Gasteiger partial charge in [0.15, 0.2) is 0 Å². The number of Topliss-reactive ketones (excluding diaryl/α,β-unsaturated/α-hetero) is 1. The molecule has 0 spiro atoms. The minimum Gasteiger partial charge on any atom is -0.394 e. The van der Waals surface area contributed by atoms with Crippen molar-refractivity contribution in [3.63, 3.8) is 0 Å². The fourth-order valence-electron chi connectivity index (χ4n) is 1.54. The molecule has 2 rings (SSSR count). The molecule has 0 heterocycles. The van der Waals surface area contributed by atoms with Crippen molar-refractivity contribution in [3.8, 4) is 0 Å². The van der Waals surface area contributed by atoms with Crippen LogP contribution < -0.4 is 11.1 Å². The third-order valence-electron chi connectivity index (χ3n) is 2.64. The number of nitrogen functional groups attached to an aromatic ring is 1. The van der Waals surface area contributed by atoms with Gasteiger partial charge in [-0.2, -0.15) is 0 Å². The minimum atomic E-state index is -0.869. The molecule has 2 aromatic carbocycles. The SMILES string of the molecule is CC(=O)CC(=O)Nc1c(F)cccc1F.Nc1c(F)cccc1F. The molecule has 1 amide bonds. The summed E-state index contributed by atoms with van der Waals surface area (Å²) in [7, 11) is 0. The van der Waals surface area contributed by atoms with E-state index in [1.165, 1.54) is 19.1 Å². The molecule has 4 nitrogen and oxygen atoms in total. The van der Waals surface area contributed by atoms with Crippen LogP contribution in [0.3, 0.4) is 0 Å². The average molecular weight is 342 g/mol. The number of nitrogens with one attached hydrogen (secondary N) is 1. The van der Waals surface area contributed by atoms with Crippen molar-refractivity contribution < 1.29 is 27.2 Å². The van der Waals surface area contributed by atoms with Crippen molar-refractivity contribution in [3.05, 3.63) is 59.7 Å². The summed E-state index contributed by atoms with van der Waals surface area (Å²) in [5.74, 6) is -4.26. The van der Waals surface area contributed by atoms with Gasteiger partial charge < -0.3 is 11.1 Å². The van der Waals surface area contributed by atoms with Gasteiger partial charge in [0.1, 0.15) is 40.4 Å². The maximum atomic E-state index is 13.0. The van der Waals surface area contributed by atoms with Crippen LogP contribution in [0, 0.1) is 23.3 Å². The maximum absolute atomic E-state index is 13.0. The summed E-state index contributed by atoms with van der Waals surface area (Å²) in [6.07, 6.45) is -0.395. The fourth-order valence-corrected chi connectivity index (χ4v) is 1.54. The second-order valence-electron chi connectivity index (χ2n) is 4.66. The first-order valence-corrected chi connectivity index (χ1v) is 6.65. The summed E-state index contributed by atoms with van der Waals surface area (Å²) in [6.45, 7) is 1.22. The van der Waals surface area contributed by atoms with E-state index in [4.69, 9.17) is 5.73 Å². The summed E-state index contributed by atoms with van der Waals surface area (Å²) in [5, 5.41) is 2.00. The number of carbonyl (C=O) groups is 2. The first-order valence-electron chi connectivity index (χ1n) is 6.65. The summed E-state index contributed by atoms with van der Waals surface area (Å²) < 4.78 is 50.4. The Hall–Kier alpha value is -2.90. The molecule has 0 atom stereocenters. The maximum Gasteiger partial charge on any atom is 0.231 e. The highest BCUT2D eigenvalue weighted by molar-refractivity contribution is 6.03. The molecular formula is C16H14F4N2O2. The number of hydrogen-bond acceptors (Lipinski definition) is 3. The third-order valence-corrected chi connectivity index (χ3v) is 2.64. The van der Waals surface area contributed by atoms with Crippen LogP contribution in [0.1, 0.15) is 13.3 Å². The Kier molecular flexibility index (Phi) is 6.91.